The van der Waals surface area contributed by atoms with Gasteiger partial charge in [0.25, 0.3) is 11.6 Å². The molecule has 1 atom stereocenters. The predicted octanol–water partition coefficient (Wildman–Crippen LogP) is 4.15. The van der Waals surface area contributed by atoms with Crippen LogP contribution in [-0.4, -0.2) is 29.0 Å². The van der Waals surface area contributed by atoms with Crippen LogP contribution in [0.15, 0.2) is 53.4 Å². The van der Waals surface area contributed by atoms with E-state index in [4.69, 9.17) is 0 Å². The van der Waals surface area contributed by atoms with Crippen LogP contribution in [0.2, 0.25) is 0 Å². The van der Waals surface area contributed by atoms with Crippen LogP contribution < -0.4 is 0 Å². The van der Waals surface area contributed by atoms with Crippen LogP contribution in [-0.2, 0) is 0 Å². The van der Waals surface area contributed by atoms with Crippen LogP contribution in [0.25, 0.3) is 0 Å². The Bertz CT molecular complexity index is 716. The molecule has 0 unspecified atom stereocenters. The molecule has 0 bridgehead atoms. The normalized spacial score (nSPS) is 11.8. The number of carbonyl (C=O) groups excluding carboxylic acids is 1. The second-order valence-electron chi connectivity index (χ2n) is 5.17. The summed E-state index contributed by atoms with van der Waals surface area (Å²) in [5, 5.41) is 10.9. The fourth-order valence-electron chi connectivity index (χ4n) is 2.23. The number of hydrogen-bond acceptors (Lipinski definition) is 4. The lowest BCUT2D eigenvalue weighted by atomic mass is 10.1. The molecule has 0 aliphatic heterocycles. The molecule has 0 spiro atoms. The third kappa shape index (κ3) is 3.90. The number of nitro benzene ring substituents is 1. The largest absolute Gasteiger partial charge is 0.335 e. The van der Waals surface area contributed by atoms with E-state index in [0.717, 1.165) is 10.5 Å². The first-order chi connectivity index (χ1) is 10.9. The van der Waals surface area contributed by atoms with Crippen molar-refractivity contribution in [1.29, 1.82) is 0 Å². The zero-order valence-electron chi connectivity index (χ0n) is 13.2. The number of carbonyl (C=O) groups is 1. The van der Waals surface area contributed by atoms with E-state index >= 15 is 0 Å². The number of rotatable bonds is 5. The van der Waals surface area contributed by atoms with E-state index in [1.807, 2.05) is 25.3 Å². The molecule has 1 amide bonds. The molecule has 5 nitrogen and oxygen atoms in total. The van der Waals surface area contributed by atoms with Crippen LogP contribution in [0, 0.1) is 10.1 Å². The van der Waals surface area contributed by atoms with Gasteiger partial charge in [0, 0.05) is 29.6 Å². The van der Waals surface area contributed by atoms with Crippen molar-refractivity contribution >= 4 is 23.4 Å². The zero-order valence-corrected chi connectivity index (χ0v) is 14.0. The molecule has 6 heteroatoms. The van der Waals surface area contributed by atoms with Gasteiger partial charge in [-0.15, -0.1) is 11.8 Å². The van der Waals surface area contributed by atoms with E-state index in [-0.39, 0.29) is 17.6 Å². The maximum absolute atomic E-state index is 12.6. The molecular formula is C17H18N2O3S. The highest BCUT2D eigenvalue weighted by molar-refractivity contribution is 7.98. The van der Waals surface area contributed by atoms with Gasteiger partial charge < -0.3 is 4.90 Å². The van der Waals surface area contributed by atoms with E-state index in [1.165, 1.54) is 12.1 Å². The molecule has 0 radical (unpaired) electrons. The highest BCUT2D eigenvalue weighted by Gasteiger charge is 2.20. The van der Waals surface area contributed by atoms with Crippen molar-refractivity contribution in [3.8, 4) is 0 Å². The highest BCUT2D eigenvalue weighted by atomic mass is 32.2. The summed E-state index contributed by atoms with van der Waals surface area (Å²) in [6.07, 6.45) is 1.98. The van der Waals surface area contributed by atoms with Gasteiger partial charge in [-0.05, 0) is 43.0 Å². The lowest BCUT2D eigenvalue weighted by Gasteiger charge is -2.25. The molecule has 2 aromatic carbocycles. The van der Waals surface area contributed by atoms with Crippen LogP contribution in [0.5, 0.6) is 0 Å². The smallest absolute Gasteiger partial charge is 0.269 e. The number of hydrogen-bond donors (Lipinski definition) is 0. The van der Waals surface area contributed by atoms with Crippen molar-refractivity contribution in [1.82, 2.24) is 4.90 Å². The Hall–Kier alpha value is -2.34. The van der Waals surface area contributed by atoms with Crippen LogP contribution in [0.1, 0.15) is 28.9 Å². The predicted molar refractivity (Wildman–Crippen MR) is 91.8 cm³/mol. The molecule has 2 aromatic rings. The number of benzene rings is 2. The summed E-state index contributed by atoms with van der Waals surface area (Å²) in [5.74, 6) is -0.114. The van der Waals surface area contributed by atoms with Gasteiger partial charge in [0.1, 0.15) is 0 Å². The number of amides is 1. The van der Waals surface area contributed by atoms with Crippen molar-refractivity contribution < 1.29 is 9.72 Å². The van der Waals surface area contributed by atoms with Gasteiger partial charge in [-0.25, -0.2) is 0 Å². The molecule has 0 saturated heterocycles. The Morgan fingerprint density at radius 1 is 1.22 bits per heavy atom. The summed E-state index contributed by atoms with van der Waals surface area (Å²) >= 11 is 1.62. The van der Waals surface area contributed by atoms with Crippen LogP contribution in [0.3, 0.4) is 0 Å². The monoisotopic (exact) mass is 330 g/mol. The number of nitro groups is 1. The van der Waals surface area contributed by atoms with Gasteiger partial charge in [-0.1, -0.05) is 12.1 Å². The number of nitrogens with zero attached hydrogens (tertiary/aromatic N) is 2. The highest BCUT2D eigenvalue weighted by Crippen LogP contribution is 2.24. The topological polar surface area (TPSA) is 63.5 Å². The van der Waals surface area contributed by atoms with E-state index in [9.17, 15) is 14.9 Å². The van der Waals surface area contributed by atoms with Crippen LogP contribution in [0.4, 0.5) is 5.69 Å². The first-order valence-electron chi connectivity index (χ1n) is 7.09. The Balaban J connectivity index is 2.20. The van der Waals surface area contributed by atoms with Gasteiger partial charge in [0.15, 0.2) is 0 Å². The minimum atomic E-state index is -0.431. The summed E-state index contributed by atoms with van der Waals surface area (Å²) in [4.78, 5) is 25.7. The summed E-state index contributed by atoms with van der Waals surface area (Å²) < 4.78 is 0. The van der Waals surface area contributed by atoms with Gasteiger partial charge in [-0.2, -0.15) is 0 Å². The third-order valence-corrected chi connectivity index (χ3v) is 4.55. The molecule has 0 aliphatic rings. The number of non-ortho nitro benzene ring substituents is 1. The molecule has 2 rings (SSSR count). The fourth-order valence-corrected chi connectivity index (χ4v) is 2.64. The molecule has 23 heavy (non-hydrogen) atoms. The lowest BCUT2D eigenvalue weighted by molar-refractivity contribution is -0.384. The van der Waals surface area contributed by atoms with Gasteiger partial charge >= 0.3 is 0 Å². The van der Waals surface area contributed by atoms with E-state index < -0.39 is 4.92 Å². The Kier molecular flexibility index (Phi) is 5.39. The molecule has 0 heterocycles. The summed E-state index contributed by atoms with van der Waals surface area (Å²) in [7, 11) is 1.70. The summed E-state index contributed by atoms with van der Waals surface area (Å²) in [6, 6.07) is 13.5. The van der Waals surface area contributed by atoms with Crippen molar-refractivity contribution in [2.24, 2.45) is 0 Å². The SMILES string of the molecule is CSc1ccc(C(=O)N(C)[C@H](C)c2cccc([N+](=O)[O-])c2)cc1. The Morgan fingerprint density at radius 3 is 2.43 bits per heavy atom. The fraction of sp³-hybridized carbons (Fsp3) is 0.235. The molecule has 0 fully saturated rings. The van der Waals surface area contributed by atoms with Crippen molar-refractivity contribution in [2.45, 2.75) is 17.9 Å². The summed E-state index contributed by atoms with van der Waals surface area (Å²) in [6.45, 7) is 1.85. The Morgan fingerprint density at radius 2 is 1.87 bits per heavy atom. The quantitative estimate of drug-likeness (QED) is 0.469. The van der Waals surface area contributed by atoms with E-state index in [1.54, 1.807) is 48.0 Å². The van der Waals surface area contributed by atoms with Crippen LogP contribution >= 0.6 is 11.8 Å². The third-order valence-electron chi connectivity index (χ3n) is 3.80. The molecule has 120 valence electrons. The standard InChI is InChI=1S/C17H18N2O3S/c1-12(14-5-4-6-15(11-14)19(21)22)18(2)17(20)13-7-9-16(23-3)10-8-13/h4-12H,1-3H3/t12-/m1/s1. The summed E-state index contributed by atoms with van der Waals surface area (Å²) in [5.41, 5.74) is 1.36. The molecule has 0 saturated carbocycles. The molecule has 0 N–H and O–H groups in total. The second kappa shape index (κ2) is 7.28. The van der Waals surface area contributed by atoms with Gasteiger partial charge in [0.05, 0.1) is 11.0 Å². The maximum Gasteiger partial charge on any atom is 0.269 e. The minimum absolute atomic E-state index is 0.0273. The minimum Gasteiger partial charge on any atom is -0.335 e. The zero-order chi connectivity index (χ0) is 17.0. The van der Waals surface area contributed by atoms with Crippen molar-refractivity contribution in [2.75, 3.05) is 13.3 Å². The van der Waals surface area contributed by atoms with Gasteiger partial charge in [-0.3, -0.25) is 14.9 Å². The van der Waals surface area contributed by atoms with Crippen molar-refractivity contribution in [3.63, 3.8) is 0 Å². The van der Waals surface area contributed by atoms with E-state index in [0.29, 0.717) is 5.56 Å². The maximum atomic E-state index is 12.6. The molecule has 0 aliphatic carbocycles. The number of thioether (sulfide) groups is 1. The molecular weight excluding hydrogens is 312 g/mol. The first kappa shape index (κ1) is 17.0. The Labute approximate surface area is 139 Å². The average molecular weight is 330 g/mol. The van der Waals surface area contributed by atoms with E-state index in [2.05, 4.69) is 0 Å². The first-order valence-corrected chi connectivity index (χ1v) is 8.32. The van der Waals surface area contributed by atoms with Gasteiger partial charge in [0.2, 0.25) is 0 Å². The van der Waals surface area contributed by atoms with Crippen molar-refractivity contribution in [3.05, 3.63) is 69.8 Å². The second-order valence-corrected chi connectivity index (χ2v) is 6.05. The lowest BCUT2D eigenvalue weighted by Crippen LogP contribution is -2.29. The molecule has 0 aromatic heterocycles. The average Bonchev–Trinajstić information content (AvgIpc) is 2.60.